The lowest BCUT2D eigenvalue weighted by molar-refractivity contribution is 0.244. The summed E-state index contributed by atoms with van der Waals surface area (Å²) in [6, 6.07) is 13.2. The summed E-state index contributed by atoms with van der Waals surface area (Å²) in [7, 11) is 0. The number of urea groups is 1. The molecular weight excluding hydrogens is 474 g/mol. The highest BCUT2D eigenvalue weighted by molar-refractivity contribution is 7.13. The molecule has 1 aliphatic heterocycles. The summed E-state index contributed by atoms with van der Waals surface area (Å²) in [5.41, 5.74) is 1.91. The minimum atomic E-state index is -1.06. The Morgan fingerprint density at radius 3 is 2.63 bits per heavy atom. The van der Waals surface area contributed by atoms with Crippen molar-refractivity contribution in [3.63, 3.8) is 0 Å². The molecule has 10 heteroatoms. The Labute approximate surface area is 203 Å². The summed E-state index contributed by atoms with van der Waals surface area (Å²) in [6.07, 6.45) is 0. The largest absolute Gasteiger partial charge is 0.494 e. The number of carbonyl (C=O) groups excluding carboxylic acids is 1. The molecule has 5 rings (SSSR count). The zero-order valence-electron chi connectivity index (χ0n) is 18.8. The van der Waals surface area contributed by atoms with Gasteiger partial charge in [-0.05, 0) is 55.1 Å². The molecule has 0 spiro atoms. The number of amides is 2. The molecule has 0 radical (unpaired) electrons. The van der Waals surface area contributed by atoms with Gasteiger partial charge in [0.1, 0.15) is 5.75 Å². The van der Waals surface area contributed by atoms with Gasteiger partial charge in [-0.1, -0.05) is 23.4 Å². The van der Waals surface area contributed by atoms with Crippen molar-refractivity contribution in [1.29, 1.82) is 0 Å². The van der Waals surface area contributed by atoms with E-state index in [1.807, 2.05) is 48.7 Å². The molecule has 7 nitrogen and oxygen atoms in total. The van der Waals surface area contributed by atoms with Gasteiger partial charge in [-0.25, -0.2) is 13.6 Å². The quantitative estimate of drug-likeness (QED) is 0.346. The van der Waals surface area contributed by atoms with Crippen LogP contribution in [0.2, 0.25) is 0 Å². The predicted molar refractivity (Wildman–Crippen MR) is 128 cm³/mol. The number of allylic oxidation sites excluding steroid dienone is 1. The Bertz CT molecular complexity index is 1400. The molecule has 0 aliphatic carbocycles. The fraction of sp³-hybridized carbons (Fsp3) is 0.160. The zero-order valence-corrected chi connectivity index (χ0v) is 19.6. The van der Waals surface area contributed by atoms with Gasteiger partial charge in [0.05, 0.1) is 28.8 Å². The maximum atomic E-state index is 14.0. The first-order valence-corrected chi connectivity index (χ1v) is 11.7. The van der Waals surface area contributed by atoms with E-state index in [0.29, 0.717) is 29.5 Å². The van der Waals surface area contributed by atoms with Gasteiger partial charge in [0.15, 0.2) is 11.6 Å². The minimum Gasteiger partial charge on any atom is -0.494 e. The van der Waals surface area contributed by atoms with Crippen molar-refractivity contribution in [3.8, 4) is 16.5 Å². The molecule has 1 unspecified atom stereocenters. The third kappa shape index (κ3) is 4.28. The van der Waals surface area contributed by atoms with E-state index in [2.05, 4.69) is 15.5 Å². The summed E-state index contributed by atoms with van der Waals surface area (Å²) in [5.74, 6) is -0.745. The van der Waals surface area contributed by atoms with Crippen LogP contribution in [0.3, 0.4) is 0 Å². The second kappa shape index (κ2) is 9.30. The van der Waals surface area contributed by atoms with Crippen LogP contribution < -0.4 is 15.0 Å². The van der Waals surface area contributed by atoms with E-state index in [4.69, 9.17) is 9.26 Å². The zero-order chi connectivity index (χ0) is 24.5. The number of nitrogens with one attached hydrogen (secondary N) is 1. The second-order valence-corrected chi connectivity index (χ2v) is 8.67. The molecule has 0 bridgehead atoms. The number of nitrogens with zero attached hydrogens (tertiary/aromatic N) is 3. The van der Waals surface area contributed by atoms with E-state index < -0.39 is 23.7 Å². The smallest absolute Gasteiger partial charge is 0.327 e. The molecule has 0 saturated carbocycles. The second-order valence-electron chi connectivity index (χ2n) is 7.72. The molecule has 1 aliphatic rings. The maximum Gasteiger partial charge on any atom is 0.327 e. The Balaban J connectivity index is 1.63. The average Bonchev–Trinajstić information content (AvgIpc) is 3.54. The number of rotatable bonds is 6. The Hall–Kier alpha value is -4.05. The van der Waals surface area contributed by atoms with Gasteiger partial charge >= 0.3 is 6.03 Å². The van der Waals surface area contributed by atoms with Crippen LogP contribution in [0.25, 0.3) is 16.3 Å². The number of carbonyl (C=O) groups is 1. The predicted octanol–water partition coefficient (Wildman–Crippen LogP) is 6.18. The monoisotopic (exact) mass is 494 g/mol. The van der Waals surface area contributed by atoms with Gasteiger partial charge in [0, 0.05) is 11.8 Å². The van der Waals surface area contributed by atoms with E-state index >= 15 is 0 Å². The lowest BCUT2D eigenvalue weighted by Crippen LogP contribution is -2.46. The molecule has 3 heterocycles. The summed E-state index contributed by atoms with van der Waals surface area (Å²) in [5, 5.41) is 8.95. The standard InChI is InChI=1S/C25H20F2N4O3S/c1-3-33-17-9-6-15(7-10-17)22-21(24-29-23(30-34-24)20-5-4-12-35-20)14(2)31(25(32)28-22)16-8-11-18(26)19(27)13-16/h4-13,22H,3H2,1-2H3,(H,28,32). The number of hydrogen-bond acceptors (Lipinski definition) is 6. The summed E-state index contributed by atoms with van der Waals surface area (Å²) in [6.45, 7) is 4.12. The van der Waals surface area contributed by atoms with Crippen LogP contribution >= 0.6 is 11.3 Å². The minimum absolute atomic E-state index is 0.166. The van der Waals surface area contributed by atoms with Crippen LogP contribution in [-0.2, 0) is 0 Å². The van der Waals surface area contributed by atoms with E-state index in [-0.39, 0.29) is 11.6 Å². The number of benzene rings is 2. The van der Waals surface area contributed by atoms with Crippen LogP contribution in [0, 0.1) is 11.6 Å². The third-order valence-corrected chi connectivity index (χ3v) is 6.43. The van der Waals surface area contributed by atoms with E-state index in [0.717, 1.165) is 22.6 Å². The van der Waals surface area contributed by atoms with Crippen molar-refractivity contribution in [2.75, 3.05) is 11.5 Å². The highest BCUT2D eigenvalue weighted by Crippen LogP contribution is 2.40. The van der Waals surface area contributed by atoms with Gasteiger partial charge < -0.3 is 14.6 Å². The molecule has 0 fully saturated rings. The molecule has 2 amide bonds. The lowest BCUT2D eigenvalue weighted by atomic mass is 9.94. The van der Waals surface area contributed by atoms with Gasteiger partial charge in [0.25, 0.3) is 5.89 Å². The van der Waals surface area contributed by atoms with Crippen molar-refractivity contribution < 1.29 is 22.8 Å². The highest BCUT2D eigenvalue weighted by Gasteiger charge is 2.36. The number of hydrogen-bond donors (Lipinski definition) is 1. The normalized spacial score (nSPS) is 15.9. The Morgan fingerprint density at radius 2 is 1.94 bits per heavy atom. The van der Waals surface area contributed by atoms with Crippen LogP contribution in [-0.4, -0.2) is 22.8 Å². The van der Waals surface area contributed by atoms with Crippen molar-refractivity contribution in [2.24, 2.45) is 0 Å². The number of aromatic nitrogens is 2. The fourth-order valence-corrected chi connectivity index (χ4v) is 4.62. The van der Waals surface area contributed by atoms with Gasteiger partial charge in [-0.3, -0.25) is 4.90 Å². The van der Waals surface area contributed by atoms with Crippen molar-refractivity contribution in [2.45, 2.75) is 19.9 Å². The topological polar surface area (TPSA) is 80.5 Å². The summed E-state index contributed by atoms with van der Waals surface area (Å²) in [4.78, 5) is 19.9. The molecule has 2 aromatic carbocycles. The van der Waals surface area contributed by atoms with Crippen molar-refractivity contribution in [3.05, 3.63) is 88.8 Å². The molecule has 0 saturated heterocycles. The van der Waals surface area contributed by atoms with Crippen molar-refractivity contribution >= 4 is 28.6 Å². The van der Waals surface area contributed by atoms with Crippen LogP contribution in [0.4, 0.5) is 19.3 Å². The fourth-order valence-electron chi connectivity index (χ4n) is 3.97. The van der Waals surface area contributed by atoms with Crippen LogP contribution in [0.5, 0.6) is 5.75 Å². The highest BCUT2D eigenvalue weighted by atomic mass is 32.1. The average molecular weight is 495 g/mol. The van der Waals surface area contributed by atoms with Crippen LogP contribution in [0.1, 0.15) is 31.3 Å². The number of anilines is 1. The number of halogens is 2. The first kappa shape index (κ1) is 22.7. The van der Waals surface area contributed by atoms with E-state index in [9.17, 15) is 13.6 Å². The molecule has 1 N–H and O–H groups in total. The Kier molecular flexibility index (Phi) is 6.04. The Morgan fingerprint density at radius 1 is 1.14 bits per heavy atom. The third-order valence-electron chi connectivity index (χ3n) is 5.57. The molecule has 178 valence electrons. The first-order valence-electron chi connectivity index (χ1n) is 10.8. The molecule has 1 atom stereocenters. The van der Waals surface area contributed by atoms with Gasteiger partial charge in [0.2, 0.25) is 5.82 Å². The SMILES string of the molecule is CCOc1ccc(C2NC(=O)N(c3ccc(F)c(F)c3)C(C)=C2c2nc(-c3cccs3)no2)cc1. The molecule has 2 aromatic heterocycles. The maximum absolute atomic E-state index is 14.0. The van der Waals surface area contributed by atoms with Gasteiger partial charge in [-0.15, -0.1) is 11.3 Å². The van der Waals surface area contributed by atoms with E-state index in [1.165, 1.54) is 22.3 Å². The lowest BCUT2D eigenvalue weighted by Gasteiger charge is -2.35. The van der Waals surface area contributed by atoms with Crippen LogP contribution in [0.15, 0.2) is 70.2 Å². The van der Waals surface area contributed by atoms with E-state index in [1.54, 1.807) is 6.92 Å². The summed E-state index contributed by atoms with van der Waals surface area (Å²) >= 11 is 1.47. The first-order chi connectivity index (χ1) is 17.0. The molecule has 35 heavy (non-hydrogen) atoms. The van der Waals surface area contributed by atoms with Gasteiger partial charge in [-0.2, -0.15) is 4.98 Å². The number of thiophene rings is 1. The summed E-state index contributed by atoms with van der Waals surface area (Å²) < 4.78 is 38.7. The molecule has 4 aromatic rings. The van der Waals surface area contributed by atoms with Crippen molar-refractivity contribution in [1.82, 2.24) is 15.5 Å². The number of ether oxygens (including phenoxy) is 1. The molecular formula is C25H20F2N4O3S.